The van der Waals surface area contributed by atoms with E-state index < -0.39 is 32.5 Å². The van der Waals surface area contributed by atoms with Crippen LogP contribution in [-0.2, 0) is 32.7 Å². The standard InChI is InChI=1S/C40H78NO8P/c1-6-8-10-12-14-16-18-20-22-24-26-28-30-32-39(42)46-36-38(37-48-50(44,45)47-35-34-41(3,4)5)49-40(43)33-31-29-27-25-23-21-19-17-15-13-11-9-7-2/h16,18,38H,6-15,17,19-37H2,1-5H3/b18-16+/t38-/m1/s1. The van der Waals surface area contributed by atoms with Crippen molar-refractivity contribution in [1.29, 1.82) is 0 Å². The van der Waals surface area contributed by atoms with Gasteiger partial charge in [-0.05, 0) is 38.5 Å². The van der Waals surface area contributed by atoms with E-state index >= 15 is 0 Å². The molecule has 9 nitrogen and oxygen atoms in total. The SMILES string of the molecule is CCCCCC/C=C/CCCCCCCC(=O)OC[C@H](COP(=O)([O-])OCC[N+](C)(C)C)OC(=O)CCCCCCCCCCCCCCC. The van der Waals surface area contributed by atoms with Gasteiger partial charge in [0.05, 0.1) is 27.7 Å². The molecule has 0 radical (unpaired) electrons. The summed E-state index contributed by atoms with van der Waals surface area (Å²) in [5.41, 5.74) is 0. The first-order valence-electron chi connectivity index (χ1n) is 20.4. The van der Waals surface area contributed by atoms with Gasteiger partial charge in [-0.2, -0.15) is 0 Å². The Bertz CT molecular complexity index is 876. The molecule has 0 spiro atoms. The number of unbranched alkanes of at least 4 members (excludes halogenated alkanes) is 21. The summed E-state index contributed by atoms with van der Waals surface area (Å²) in [7, 11) is 1.17. The van der Waals surface area contributed by atoms with Crippen molar-refractivity contribution in [2.45, 2.75) is 187 Å². The van der Waals surface area contributed by atoms with Gasteiger partial charge in [-0.1, -0.05) is 142 Å². The zero-order chi connectivity index (χ0) is 37.2. The fourth-order valence-electron chi connectivity index (χ4n) is 5.53. The summed E-state index contributed by atoms with van der Waals surface area (Å²) in [5.74, 6) is -0.839. The predicted octanol–water partition coefficient (Wildman–Crippen LogP) is 10.4. The highest BCUT2D eigenvalue weighted by Crippen LogP contribution is 2.38. The number of allylic oxidation sites excluding steroid dienone is 2. The van der Waals surface area contributed by atoms with Crippen LogP contribution >= 0.6 is 7.82 Å². The van der Waals surface area contributed by atoms with Crippen molar-refractivity contribution < 1.29 is 42.1 Å². The molecule has 0 aromatic carbocycles. The van der Waals surface area contributed by atoms with Crippen LogP contribution in [0, 0.1) is 0 Å². The number of ether oxygens (including phenoxy) is 2. The van der Waals surface area contributed by atoms with Crippen LogP contribution in [0.3, 0.4) is 0 Å². The van der Waals surface area contributed by atoms with Crippen LogP contribution in [0.15, 0.2) is 12.2 Å². The van der Waals surface area contributed by atoms with Gasteiger partial charge in [-0.25, -0.2) is 0 Å². The minimum atomic E-state index is -4.61. The Morgan fingerprint density at radius 1 is 0.600 bits per heavy atom. The molecule has 50 heavy (non-hydrogen) atoms. The lowest BCUT2D eigenvalue weighted by Gasteiger charge is -2.28. The molecule has 0 aromatic rings. The fourth-order valence-corrected chi connectivity index (χ4v) is 6.26. The first-order valence-corrected chi connectivity index (χ1v) is 21.9. The van der Waals surface area contributed by atoms with E-state index in [1.807, 2.05) is 21.1 Å². The molecule has 0 saturated carbocycles. The van der Waals surface area contributed by atoms with Crippen molar-refractivity contribution in [1.82, 2.24) is 0 Å². The van der Waals surface area contributed by atoms with E-state index in [2.05, 4.69) is 26.0 Å². The minimum absolute atomic E-state index is 0.0292. The zero-order valence-electron chi connectivity index (χ0n) is 33.1. The Morgan fingerprint density at radius 2 is 1.02 bits per heavy atom. The Hall–Kier alpha value is -1.25. The van der Waals surface area contributed by atoms with Crippen molar-refractivity contribution in [3.05, 3.63) is 12.2 Å². The van der Waals surface area contributed by atoms with Gasteiger partial charge >= 0.3 is 11.9 Å². The van der Waals surface area contributed by atoms with E-state index in [1.165, 1.54) is 96.3 Å². The summed E-state index contributed by atoms with van der Waals surface area (Å²) in [6.07, 6.45) is 32.3. The number of phosphoric ester groups is 1. The molecule has 0 aliphatic heterocycles. The first kappa shape index (κ1) is 48.8. The topological polar surface area (TPSA) is 111 Å². The number of carbonyl (C=O) groups is 2. The van der Waals surface area contributed by atoms with E-state index in [-0.39, 0.29) is 26.1 Å². The lowest BCUT2D eigenvalue weighted by molar-refractivity contribution is -0.870. The highest BCUT2D eigenvalue weighted by molar-refractivity contribution is 7.45. The summed E-state index contributed by atoms with van der Waals surface area (Å²) >= 11 is 0. The molecular formula is C40H78NO8P. The van der Waals surface area contributed by atoms with Crippen LogP contribution in [0.25, 0.3) is 0 Å². The molecule has 0 aliphatic carbocycles. The van der Waals surface area contributed by atoms with Gasteiger partial charge in [-0.3, -0.25) is 14.2 Å². The fraction of sp³-hybridized carbons (Fsp3) is 0.900. The number of nitrogens with zero attached hydrogens (tertiary/aromatic N) is 1. The molecule has 0 N–H and O–H groups in total. The Kier molecular flexibility index (Phi) is 32.7. The second-order valence-electron chi connectivity index (χ2n) is 15.0. The summed E-state index contributed by atoms with van der Waals surface area (Å²) in [4.78, 5) is 37.4. The van der Waals surface area contributed by atoms with Crippen LogP contribution in [0.2, 0.25) is 0 Å². The number of carbonyl (C=O) groups excluding carboxylic acids is 2. The number of quaternary nitrogens is 1. The van der Waals surface area contributed by atoms with Crippen molar-refractivity contribution in [2.24, 2.45) is 0 Å². The predicted molar refractivity (Wildman–Crippen MR) is 204 cm³/mol. The largest absolute Gasteiger partial charge is 0.756 e. The average molecular weight is 732 g/mol. The number of likely N-dealkylation sites (N-methyl/N-ethyl adjacent to an activating group) is 1. The third kappa shape index (κ3) is 36.5. The number of rotatable bonds is 37. The third-order valence-electron chi connectivity index (χ3n) is 8.79. The maximum Gasteiger partial charge on any atom is 0.306 e. The molecule has 0 saturated heterocycles. The molecular weight excluding hydrogens is 653 g/mol. The van der Waals surface area contributed by atoms with Gasteiger partial charge in [0.1, 0.15) is 19.8 Å². The second-order valence-corrected chi connectivity index (χ2v) is 16.4. The van der Waals surface area contributed by atoms with E-state index in [0.29, 0.717) is 17.4 Å². The normalized spacial score (nSPS) is 13.8. The summed E-state index contributed by atoms with van der Waals surface area (Å²) < 4.78 is 33.8. The van der Waals surface area contributed by atoms with Crippen LogP contribution in [0.4, 0.5) is 0 Å². The number of hydrogen-bond acceptors (Lipinski definition) is 8. The molecule has 0 fully saturated rings. The van der Waals surface area contributed by atoms with Crippen LogP contribution in [0.5, 0.6) is 0 Å². The molecule has 0 amide bonds. The molecule has 1 unspecified atom stereocenters. The molecule has 296 valence electrons. The smallest absolute Gasteiger partial charge is 0.306 e. The minimum Gasteiger partial charge on any atom is -0.756 e. The van der Waals surface area contributed by atoms with Gasteiger partial charge in [0.25, 0.3) is 7.82 Å². The molecule has 0 rings (SSSR count). The highest BCUT2D eigenvalue weighted by atomic mass is 31.2. The van der Waals surface area contributed by atoms with E-state index in [1.54, 1.807) is 0 Å². The Morgan fingerprint density at radius 3 is 1.50 bits per heavy atom. The lowest BCUT2D eigenvalue weighted by Crippen LogP contribution is -2.37. The van der Waals surface area contributed by atoms with Crippen molar-refractivity contribution >= 4 is 19.8 Å². The van der Waals surface area contributed by atoms with Gasteiger partial charge in [-0.15, -0.1) is 0 Å². The lowest BCUT2D eigenvalue weighted by atomic mass is 10.0. The summed E-state index contributed by atoms with van der Waals surface area (Å²) in [6, 6.07) is 0. The summed E-state index contributed by atoms with van der Waals surface area (Å²) in [5, 5.41) is 0. The molecule has 0 aromatic heterocycles. The van der Waals surface area contributed by atoms with Gasteiger partial charge < -0.3 is 27.9 Å². The molecule has 2 atom stereocenters. The highest BCUT2D eigenvalue weighted by Gasteiger charge is 2.21. The Labute approximate surface area is 307 Å². The van der Waals surface area contributed by atoms with Crippen LogP contribution < -0.4 is 4.89 Å². The molecule has 0 heterocycles. The number of esters is 2. The third-order valence-corrected chi connectivity index (χ3v) is 9.75. The summed E-state index contributed by atoms with van der Waals surface area (Å²) in [6.45, 7) is 4.20. The zero-order valence-corrected chi connectivity index (χ0v) is 34.0. The van der Waals surface area contributed by atoms with Crippen LogP contribution in [0.1, 0.15) is 181 Å². The Balaban J connectivity index is 4.40. The number of phosphoric acid groups is 1. The maximum atomic E-state index is 12.6. The van der Waals surface area contributed by atoms with Gasteiger partial charge in [0.15, 0.2) is 6.10 Å². The van der Waals surface area contributed by atoms with Gasteiger partial charge in [0.2, 0.25) is 0 Å². The van der Waals surface area contributed by atoms with E-state index in [4.69, 9.17) is 18.5 Å². The molecule has 0 aliphatic rings. The quantitative estimate of drug-likeness (QED) is 0.0204. The average Bonchev–Trinajstić information content (AvgIpc) is 3.06. The van der Waals surface area contributed by atoms with E-state index in [9.17, 15) is 19.0 Å². The molecule has 0 bridgehead atoms. The maximum absolute atomic E-state index is 12.6. The van der Waals surface area contributed by atoms with Gasteiger partial charge in [0, 0.05) is 12.8 Å². The van der Waals surface area contributed by atoms with Crippen molar-refractivity contribution in [3.63, 3.8) is 0 Å². The van der Waals surface area contributed by atoms with Crippen molar-refractivity contribution in [2.75, 3.05) is 47.5 Å². The second kappa shape index (κ2) is 33.6. The van der Waals surface area contributed by atoms with Crippen LogP contribution in [-0.4, -0.2) is 70.0 Å². The first-order chi connectivity index (χ1) is 24.0. The van der Waals surface area contributed by atoms with E-state index in [0.717, 1.165) is 51.4 Å². The number of hydrogen-bond donors (Lipinski definition) is 0. The van der Waals surface area contributed by atoms with Crippen molar-refractivity contribution in [3.8, 4) is 0 Å². The monoisotopic (exact) mass is 732 g/mol. The molecule has 10 heteroatoms.